The lowest BCUT2D eigenvalue weighted by Crippen LogP contribution is -2.37. The molecule has 8 rings (SSSR count). The van der Waals surface area contributed by atoms with E-state index >= 15 is 4.57 Å². The summed E-state index contributed by atoms with van der Waals surface area (Å²) in [4.78, 5) is 0. The zero-order chi connectivity index (χ0) is 26.0. The van der Waals surface area contributed by atoms with Crippen molar-refractivity contribution in [3.63, 3.8) is 0 Å². The monoisotopic (exact) mass is 517 g/mol. The minimum absolute atomic E-state index is 0.892. The Kier molecular flexibility index (Phi) is 4.83. The maximum atomic E-state index is 15.9. The number of anilines is 2. The first-order valence-electron chi connectivity index (χ1n) is 13.2. The summed E-state index contributed by atoms with van der Waals surface area (Å²) in [6.45, 7) is 0. The van der Waals surface area contributed by atoms with Crippen molar-refractivity contribution in [2.75, 3.05) is 4.67 Å². The van der Waals surface area contributed by atoms with E-state index in [9.17, 15) is 0 Å². The van der Waals surface area contributed by atoms with Crippen molar-refractivity contribution in [2.45, 2.75) is 0 Å². The Morgan fingerprint density at radius 1 is 0.385 bits per heavy atom. The number of para-hydroxylation sites is 2. The van der Waals surface area contributed by atoms with Gasteiger partial charge in [0, 0.05) is 21.7 Å². The molecule has 2 nitrogen and oxygen atoms in total. The number of hydrogen-bond acceptors (Lipinski definition) is 1. The molecular weight excluding hydrogens is 493 g/mol. The Hall–Kier alpha value is -4.65. The Bertz CT molecular complexity index is 1960. The number of hydrogen-bond donors (Lipinski definition) is 0. The Morgan fingerprint density at radius 3 is 1.54 bits per heavy atom. The van der Waals surface area contributed by atoms with E-state index in [1.54, 1.807) is 0 Å². The van der Waals surface area contributed by atoms with Gasteiger partial charge in [-0.3, -0.25) is 9.24 Å². The molecule has 0 saturated heterocycles. The van der Waals surface area contributed by atoms with Gasteiger partial charge in [0.1, 0.15) is 0 Å². The van der Waals surface area contributed by atoms with Crippen LogP contribution >= 0.6 is 7.29 Å². The first-order chi connectivity index (χ1) is 19.2. The van der Waals surface area contributed by atoms with Gasteiger partial charge in [-0.15, -0.1) is 0 Å². The van der Waals surface area contributed by atoms with Gasteiger partial charge in [-0.25, -0.2) is 0 Å². The van der Waals surface area contributed by atoms with E-state index in [1.165, 1.54) is 11.1 Å². The second-order valence-corrected chi connectivity index (χ2v) is 12.6. The fourth-order valence-corrected chi connectivity index (χ4v) is 9.59. The highest BCUT2D eigenvalue weighted by Gasteiger charge is 2.47. The van der Waals surface area contributed by atoms with Gasteiger partial charge < -0.3 is 0 Å². The van der Waals surface area contributed by atoms with E-state index in [1.807, 2.05) is 30.3 Å². The van der Waals surface area contributed by atoms with Crippen LogP contribution in [0.15, 0.2) is 146 Å². The summed E-state index contributed by atoms with van der Waals surface area (Å²) in [5.41, 5.74) is 10.8. The van der Waals surface area contributed by atoms with Crippen LogP contribution in [0.5, 0.6) is 0 Å². The third-order valence-electron chi connectivity index (χ3n) is 8.00. The minimum atomic E-state index is -3.26. The van der Waals surface area contributed by atoms with Crippen LogP contribution in [0.25, 0.3) is 44.5 Å². The zero-order valence-corrected chi connectivity index (χ0v) is 22.1. The van der Waals surface area contributed by atoms with E-state index in [0.29, 0.717) is 0 Å². The number of fused-ring (bicyclic) bond motifs is 11. The third-order valence-corrected chi connectivity index (χ3v) is 11.1. The fraction of sp³-hybridized carbons (Fsp3) is 0. The molecule has 0 bridgehead atoms. The highest BCUT2D eigenvalue weighted by Crippen LogP contribution is 2.65. The normalized spacial score (nSPS) is 16.4. The van der Waals surface area contributed by atoms with Crippen LogP contribution in [-0.2, 0) is 4.57 Å². The van der Waals surface area contributed by atoms with Crippen molar-refractivity contribution in [1.29, 1.82) is 0 Å². The zero-order valence-electron chi connectivity index (χ0n) is 21.2. The molecule has 6 aromatic carbocycles. The van der Waals surface area contributed by atoms with Gasteiger partial charge in [0.2, 0.25) is 7.29 Å². The molecule has 0 radical (unpaired) electrons. The molecule has 0 amide bonds. The molecule has 2 heterocycles. The first-order valence-corrected chi connectivity index (χ1v) is 14.9. The van der Waals surface area contributed by atoms with Crippen molar-refractivity contribution < 1.29 is 4.57 Å². The van der Waals surface area contributed by atoms with Gasteiger partial charge in [-0.2, -0.15) is 0 Å². The largest absolute Gasteiger partial charge is 0.289 e. The minimum Gasteiger partial charge on any atom is -0.289 e. The molecule has 0 saturated carbocycles. The van der Waals surface area contributed by atoms with Gasteiger partial charge in [0.15, 0.2) is 0 Å². The van der Waals surface area contributed by atoms with Crippen LogP contribution in [0.3, 0.4) is 0 Å². The quantitative estimate of drug-likeness (QED) is 0.214. The number of rotatable bonds is 2. The van der Waals surface area contributed by atoms with Crippen molar-refractivity contribution in [3.05, 3.63) is 146 Å². The van der Waals surface area contributed by atoms with Gasteiger partial charge in [0.05, 0.1) is 11.4 Å². The molecule has 2 aliphatic heterocycles. The van der Waals surface area contributed by atoms with E-state index in [2.05, 4.69) is 120 Å². The number of nitrogens with zero attached hydrogens (tertiary/aromatic N) is 1. The molecule has 0 spiro atoms. The van der Waals surface area contributed by atoms with Crippen molar-refractivity contribution in [2.24, 2.45) is 0 Å². The van der Waals surface area contributed by atoms with Gasteiger partial charge in [0.25, 0.3) is 0 Å². The molecule has 6 aromatic rings. The van der Waals surface area contributed by atoms with Crippen LogP contribution in [0.1, 0.15) is 0 Å². The highest BCUT2D eigenvalue weighted by atomic mass is 31.2. The van der Waals surface area contributed by atoms with E-state index in [0.717, 1.165) is 55.4 Å². The summed E-state index contributed by atoms with van der Waals surface area (Å²) in [6, 6.07) is 50.5. The molecule has 1 atom stereocenters. The average molecular weight is 518 g/mol. The van der Waals surface area contributed by atoms with Crippen molar-refractivity contribution in [3.8, 4) is 44.5 Å². The standard InChI is InChI=1S/C36H24NOP/c38-39-35-21-11-8-18-31(35)29-16-6-9-19-33(29)37(39)34-20-10-7-17-30(34)32-23-22-26(24-36(32)39)28-15-5-4-14-27(28)25-12-2-1-3-13-25/h1-24H. The molecule has 184 valence electrons. The van der Waals surface area contributed by atoms with E-state index < -0.39 is 7.29 Å². The van der Waals surface area contributed by atoms with Gasteiger partial charge >= 0.3 is 0 Å². The lowest BCUT2D eigenvalue weighted by atomic mass is 9.93. The molecule has 1 unspecified atom stereocenters. The smallest absolute Gasteiger partial charge is 0.235 e. The van der Waals surface area contributed by atoms with Crippen LogP contribution < -0.4 is 15.3 Å². The summed E-state index contributed by atoms with van der Waals surface area (Å²) in [6.07, 6.45) is 0. The highest BCUT2D eigenvalue weighted by molar-refractivity contribution is 7.81. The molecule has 39 heavy (non-hydrogen) atoms. The maximum absolute atomic E-state index is 15.9. The summed E-state index contributed by atoms with van der Waals surface area (Å²) in [7, 11) is -3.26. The summed E-state index contributed by atoms with van der Waals surface area (Å²) < 4.78 is 18.0. The second kappa shape index (κ2) is 8.43. The fourth-order valence-electron chi connectivity index (χ4n) is 6.30. The molecule has 0 aromatic heterocycles. The van der Waals surface area contributed by atoms with Gasteiger partial charge in [-0.05, 0) is 57.6 Å². The van der Waals surface area contributed by atoms with E-state index in [-0.39, 0.29) is 0 Å². The molecule has 0 N–H and O–H groups in total. The lowest BCUT2D eigenvalue weighted by Gasteiger charge is -2.44. The summed E-state index contributed by atoms with van der Waals surface area (Å²) >= 11 is 0. The Balaban J connectivity index is 1.45. The summed E-state index contributed by atoms with van der Waals surface area (Å²) in [5, 5.41) is 1.79. The SMILES string of the molecule is O=P12c3ccccc3-c3ccccc3N1c1ccccc1-c1ccc(-c3ccccc3-c3ccccc3)cc12. The maximum Gasteiger partial charge on any atom is 0.235 e. The van der Waals surface area contributed by atoms with Crippen LogP contribution in [-0.4, -0.2) is 0 Å². The topological polar surface area (TPSA) is 20.3 Å². The Labute approximate surface area is 228 Å². The van der Waals surface area contributed by atoms with Crippen LogP contribution in [0.2, 0.25) is 0 Å². The lowest BCUT2D eigenvalue weighted by molar-refractivity contribution is 0.586. The first kappa shape index (κ1) is 22.3. The molecule has 0 aliphatic carbocycles. The van der Waals surface area contributed by atoms with Crippen molar-refractivity contribution >= 4 is 29.3 Å². The summed E-state index contributed by atoms with van der Waals surface area (Å²) in [5.74, 6) is 0. The predicted molar refractivity (Wildman–Crippen MR) is 164 cm³/mol. The van der Waals surface area contributed by atoms with Crippen molar-refractivity contribution in [1.82, 2.24) is 0 Å². The van der Waals surface area contributed by atoms with Crippen LogP contribution in [0, 0.1) is 0 Å². The van der Waals surface area contributed by atoms with Crippen LogP contribution in [0.4, 0.5) is 11.4 Å². The van der Waals surface area contributed by atoms with E-state index in [4.69, 9.17) is 0 Å². The number of benzene rings is 6. The molecule has 3 heteroatoms. The second-order valence-electron chi connectivity index (χ2n) is 10.1. The third kappa shape index (κ3) is 3.13. The molecule has 2 aliphatic rings. The molecule has 0 fully saturated rings. The Morgan fingerprint density at radius 2 is 0.872 bits per heavy atom. The molecular formula is C36H24NOP. The van der Waals surface area contributed by atoms with Gasteiger partial charge in [-0.1, -0.05) is 121 Å². The predicted octanol–water partition coefficient (Wildman–Crippen LogP) is 9.05. The average Bonchev–Trinajstić information content (AvgIpc) is 3.01.